The van der Waals surface area contributed by atoms with Gasteiger partial charge in [0.25, 0.3) is 11.6 Å². The molecule has 0 aliphatic carbocycles. The first-order chi connectivity index (χ1) is 15.8. The molecule has 0 spiro atoms. The molecule has 0 bridgehead atoms. The first-order valence-corrected chi connectivity index (χ1v) is 10.3. The molecule has 1 saturated heterocycles. The van der Waals surface area contributed by atoms with E-state index in [2.05, 4.69) is 0 Å². The zero-order valence-corrected chi connectivity index (χ0v) is 18.1. The third-order valence-electron chi connectivity index (χ3n) is 5.73. The third kappa shape index (κ3) is 4.29. The average Bonchev–Trinajstić information content (AvgIpc) is 3.13. The Bertz CT molecular complexity index is 1300. The van der Waals surface area contributed by atoms with Crippen molar-refractivity contribution in [3.63, 3.8) is 0 Å². The number of carbonyl (C=O) groups is 2. The number of aryl methyl sites for hydroxylation is 1. The molecule has 0 radical (unpaired) electrons. The van der Waals surface area contributed by atoms with Gasteiger partial charge in [-0.25, -0.2) is 4.79 Å². The first kappa shape index (κ1) is 22.1. The minimum absolute atomic E-state index is 0.0472. The smallest absolute Gasteiger partial charge is 0.420 e. The SMILES string of the molecule is COc1cc(C(=O)N2CCN(C(=O)Cn3c(=O)oc4cc([N+](=O)[O-])ccc43)CC2)ccc1C. The van der Waals surface area contributed by atoms with Crippen molar-refractivity contribution in [3.05, 3.63) is 68.2 Å². The fourth-order valence-electron chi connectivity index (χ4n) is 3.85. The number of rotatable bonds is 5. The molecule has 1 fully saturated rings. The first-order valence-electron chi connectivity index (χ1n) is 10.3. The van der Waals surface area contributed by atoms with Gasteiger partial charge in [0.05, 0.1) is 23.6 Å². The standard InChI is InChI=1S/C22H22N4O7/c1-14-3-4-15(11-18(14)32-2)21(28)24-9-7-23(8-10-24)20(27)13-25-17-6-5-16(26(30)31)12-19(17)33-22(25)29/h3-6,11-12H,7-10,13H2,1-2H3. The van der Waals surface area contributed by atoms with Crippen LogP contribution in [0.25, 0.3) is 11.1 Å². The quantitative estimate of drug-likeness (QED) is 0.425. The zero-order chi connectivity index (χ0) is 23.7. The van der Waals surface area contributed by atoms with Crippen LogP contribution in [0.4, 0.5) is 5.69 Å². The number of ether oxygens (including phenoxy) is 1. The molecule has 0 saturated carbocycles. The van der Waals surface area contributed by atoms with E-state index in [0.717, 1.165) is 16.2 Å². The number of hydrogen-bond acceptors (Lipinski definition) is 7. The lowest BCUT2D eigenvalue weighted by Gasteiger charge is -2.35. The van der Waals surface area contributed by atoms with Gasteiger partial charge in [-0.15, -0.1) is 0 Å². The molecule has 0 N–H and O–H groups in total. The van der Waals surface area contributed by atoms with Gasteiger partial charge in [0.1, 0.15) is 12.3 Å². The predicted octanol–water partition coefficient (Wildman–Crippen LogP) is 1.80. The van der Waals surface area contributed by atoms with Gasteiger partial charge in [-0.3, -0.25) is 24.3 Å². The maximum absolute atomic E-state index is 12.8. The molecule has 1 aliphatic rings. The lowest BCUT2D eigenvalue weighted by atomic mass is 10.1. The van der Waals surface area contributed by atoms with Crippen LogP contribution in [0.5, 0.6) is 5.75 Å². The molecule has 2 aromatic carbocycles. The largest absolute Gasteiger partial charge is 0.496 e. The number of methoxy groups -OCH3 is 1. The topological polar surface area (TPSA) is 128 Å². The number of nitro benzene ring substituents is 1. The average molecular weight is 454 g/mol. The van der Waals surface area contributed by atoms with E-state index in [-0.39, 0.29) is 29.6 Å². The lowest BCUT2D eigenvalue weighted by Crippen LogP contribution is -2.51. The number of amides is 2. The predicted molar refractivity (Wildman–Crippen MR) is 117 cm³/mol. The zero-order valence-electron chi connectivity index (χ0n) is 18.1. The Balaban J connectivity index is 1.42. The van der Waals surface area contributed by atoms with Gasteiger partial charge in [0.15, 0.2) is 5.58 Å². The van der Waals surface area contributed by atoms with E-state index in [1.165, 1.54) is 12.1 Å². The van der Waals surface area contributed by atoms with E-state index in [1.807, 2.05) is 13.0 Å². The molecule has 0 atom stereocenters. The van der Waals surface area contributed by atoms with E-state index in [9.17, 15) is 24.5 Å². The summed E-state index contributed by atoms with van der Waals surface area (Å²) < 4.78 is 11.5. The van der Waals surface area contributed by atoms with Crippen LogP contribution in [0.1, 0.15) is 15.9 Å². The molecule has 4 rings (SSSR count). The van der Waals surface area contributed by atoms with Crippen molar-refractivity contribution in [2.75, 3.05) is 33.3 Å². The molecule has 11 nitrogen and oxygen atoms in total. The summed E-state index contributed by atoms with van der Waals surface area (Å²) in [4.78, 5) is 51.4. The summed E-state index contributed by atoms with van der Waals surface area (Å²) in [5.41, 5.74) is 1.59. The van der Waals surface area contributed by atoms with Crippen molar-refractivity contribution in [1.29, 1.82) is 0 Å². The summed E-state index contributed by atoms with van der Waals surface area (Å²) in [7, 11) is 1.55. The summed E-state index contributed by atoms with van der Waals surface area (Å²) in [5, 5.41) is 10.9. The van der Waals surface area contributed by atoms with Crippen molar-refractivity contribution in [2.24, 2.45) is 0 Å². The maximum atomic E-state index is 12.8. The summed E-state index contributed by atoms with van der Waals surface area (Å²) in [5.74, 6) is -0.569. The Morgan fingerprint density at radius 3 is 2.45 bits per heavy atom. The summed E-state index contributed by atoms with van der Waals surface area (Å²) in [6, 6.07) is 9.07. The molecule has 1 aliphatic heterocycles. The number of non-ortho nitro benzene ring substituents is 1. The fraction of sp³-hybridized carbons (Fsp3) is 0.318. The number of hydrogen-bond donors (Lipinski definition) is 0. The highest BCUT2D eigenvalue weighted by molar-refractivity contribution is 5.95. The number of oxazole rings is 1. The Kier molecular flexibility index (Phi) is 5.86. The highest BCUT2D eigenvalue weighted by atomic mass is 16.6. The number of nitro groups is 1. The van der Waals surface area contributed by atoms with Gasteiger partial charge in [0, 0.05) is 37.8 Å². The van der Waals surface area contributed by atoms with Crippen LogP contribution in [0.3, 0.4) is 0 Å². The van der Waals surface area contributed by atoms with E-state index in [1.54, 1.807) is 29.0 Å². The van der Waals surface area contributed by atoms with Crippen LogP contribution in [0.15, 0.2) is 45.6 Å². The van der Waals surface area contributed by atoms with Gasteiger partial charge in [-0.2, -0.15) is 0 Å². The van der Waals surface area contributed by atoms with Crippen LogP contribution >= 0.6 is 0 Å². The fourth-order valence-corrected chi connectivity index (χ4v) is 3.85. The number of nitrogens with zero attached hydrogens (tertiary/aromatic N) is 4. The van der Waals surface area contributed by atoms with Crippen LogP contribution in [-0.4, -0.2) is 64.4 Å². The van der Waals surface area contributed by atoms with Gasteiger partial charge < -0.3 is 19.0 Å². The van der Waals surface area contributed by atoms with E-state index >= 15 is 0 Å². The molecular weight excluding hydrogens is 432 g/mol. The second-order valence-electron chi connectivity index (χ2n) is 7.72. The molecule has 2 heterocycles. The van der Waals surface area contributed by atoms with Crippen LogP contribution < -0.4 is 10.5 Å². The molecule has 11 heteroatoms. The Morgan fingerprint density at radius 1 is 1.09 bits per heavy atom. The minimum Gasteiger partial charge on any atom is -0.496 e. The molecule has 172 valence electrons. The number of aromatic nitrogens is 1. The van der Waals surface area contributed by atoms with Crippen molar-refractivity contribution < 1.29 is 23.7 Å². The van der Waals surface area contributed by atoms with Crippen molar-refractivity contribution in [1.82, 2.24) is 14.4 Å². The Hall–Kier alpha value is -4.15. The van der Waals surface area contributed by atoms with Crippen LogP contribution in [-0.2, 0) is 11.3 Å². The molecule has 33 heavy (non-hydrogen) atoms. The molecule has 3 aromatic rings. The summed E-state index contributed by atoms with van der Waals surface area (Å²) in [6.07, 6.45) is 0. The monoisotopic (exact) mass is 454 g/mol. The summed E-state index contributed by atoms with van der Waals surface area (Å²) >= 11 is 0. The normalized spacial score (nSPS) is 13.9. The maximum Gasteiger partial charge on any atom is 0.420 e. The van der Waals surface area contributed by atoms with Gasteiger partial charge >= 0.3 is 5.76 Å². The van der Waals surface area contributed by atoms with Gasteiger partial charge in [-0.05, 0) is 30.7 Å². The lowest BCUT2D eigenvalue weighted by molar-refractivity contribution is -0.384. The van der Waals surface area contributed by atoms with E-state index < -0.39 is 10.7 Å². The Morgan fingerprint density at radius 2 is 1.79 bits per heavy atom. The Labute approximate surface area is 187 Å². The number of piperazine rings is 1. The van der Waals surface area contributed by atoms with Crippen molar-refractivity contribution in [2.45, 2.75) is 13.5 Å². The summed E-state index contributed by atoms with van der Waals surface area (Å²) in [6.45, 7) is 3.00. The number of carbonyl (C=O) groups excluding carboxylic acids is 2. The minimum atomic E-state index is -0.763. The number of benzene rings is 2. The van der Waals surface area contributed by atoms with E-state index in [0.29, 0.717) is 43.0 Å². The van der Waals surface area contributed by atoms with Crippen LogP contribution in [0, 0.1) is 17.0 Å². The van der Waals surface area contributed by atoms with E-state index in [4.69, 9.17) is 9.15 Å². The highest BCUT2D eigenvalue weighted by Gasteiger charge is 2.26. The van der Waals surface area contributed by atoms with Crippen molar-refractivity contribution in [3.8, 4) is 5.75 Å². The van der Waals surface area contributed by atoms with Gasteiger partial charge in [-0.1, -0.05) is 6.07 Å². The third-order valence-corrected chi connectivity index (χ3v) is 5.73. The van der Waals surface area contributed by atoms with Crippen LogP contribution in [0.2, 0.25) is 0 Å². The highest BCUT2D eigenvalue weighted by Crippen LogP contribution is 2.22. The molecule has 0 unspecified atom stereocenters. The molecule has 1 aromatic heterocycles. The second-order valence-corrected chi connectivity index (χ2v) is 7.72. The van der Waals surface area contributed by atoms with Crippen molar-refractivity contribution >= 4 is 28.6 Å². The van der Waals surface area contributed by atoms with Gasteiger partial charge in [0.2, 0.25) is 5.91 Å². The second kappa shape index (κ2) is 8.77. The molecular formula is C22H22N4O7. The number of fused-ring (bicyclic) bond motifs is 1. The molecule has 2 amide bonds.